The SMILES string of the molecule is O=C([O-])c1cc2c3nc4nc(nc5[nH]c(nc6nc(nc([nH]3)c2c(C(=O)[O-])c1C(=O)[O-])-c1ccccc1-6)c1ccccc51)-c1ccccc1-4.[Cu+].[Cu+].[Cu+]. The van der Waals surface area contributed by atoms with Crippen LogP contribution in [0.2, 0.25) is 0 Å². The number of benzene rings is 4. The average Bonchev–Trinajstić information content (AvgIpc) is 3.83. The first kappa shape index (κ1) is 36.0. The van der Waals surface area contributed by atoms with Crippen molar-refractivity contribution in [1.29, 1.82) is 0 Å². The molecular weight excluding hydrogens is 819 g/mol. The van der Waals surface area contributed by atoms with E-state index in [1.807, 2.05) is 36.4 Å². The largest absolute Gasteiger partial charge is 1.00 e. The number of carboxylic acids is 3. The number of nitrogens with zero attached hydrogens (tertiary/aromatic N) is 6. The molecule has 0 aliphatic carbocycles. The number of aromatic carboxylic acids is 3. The number of fused-ring (bicyclic) bond motifs is 20. The second kappa shape index (κ2) is 13.4. The van der Waals surface area contributed by atoms with Crippen LogP contribution in [0.5, 0.6) is 0 Å². The number of hydrogen-bond donors (Lipinski definition) is 2. The van der Waals surface area contributed by atoms with E-state index in [1.165, 1.54) is 0 Å². The molecule has 2 N–H and O–H groups in total. The number of carboxylic acid groups (broad SMARTS) is 3. The van der Waals surface area contributed by atoms with Crippen LogP contribution < -0.4 is 15.3 Å². The molecule has 0 saturated carbocycles. The molecule has 7 aromatic rings. The fourth-order valence-electron chi connectivity index (χ4n) is 6.38. The Hall–Kier alpha value is -5.79. The molecule has 17 heteroatoms. The zero-order valence-corrected chi connectivity index (χ0v) is 28.4. The zero-order chi connectivity index (χ0) is 33.6. The summed E-state index contributed by atoms with van der Waals surface area (Å²) in [5.41, 5.74) is 0.0181. The molecule has 264 valence electrons. The molecular formula is C35H15Cu3N8O6. The number of carbonyl (C=O) groups is 3. The quantitative estimate of drug-likeness (QED) is 0.244. The number of carbonyl (C=O) groups excluding carboxylic acids is 3. The molecule has 0 amide bonds. The summed E-state index contributed by atoms with van der Waals surface area (Å²) in [7, 11) is 0. The minimum Gasteiger partial charge on any atom is -0.545 e. The van der Waals surface area contributed by atoms with Gasteiger partial charge in [0.15, 0.2) is 23.3 Å². The minimum atomic E-state index is -2.06. The van der Waals surface area contributed by atoms with E-state index in [-0.39, 0.29) is 90.7 Å². The predicted molar refractivity (Wildman–Crippen MR) is 169 cm³/mol. The van der Waals surface area contributed by atoms with Crippen LogP contribution in [0.25, 0.3) is 89.7 Å². The van der Waals surface area contributed by atoms with Crippen molar-refractivity contribution in [3.05, 3.63) is 95.6 Å². The van der Waals surface area contributed by atoms with Crippen molar-refractivity contribution in [2.24, 2.45) is 0 Å². The van der Waals surface area contributed by atoms with Crippen LogP contribution in [0, 0.1) is 0 Å². The molecule has 52 heavy (non-hydrogen) atoms. The fourth-order valence-corrected chi connectivity index (χ4v) is 6.38. The Morgan fingerprint density at radius 2 is 0.808 bits per heavy atom. The van der Waals surface area contributed by atoms with Gasteiger partial charge in [-0.1, -0.05) is 72.8 Å². The normalized spacial score (nSPS) is 11.1. The first-order chi connectivity index (χ1) is 23.8. The van der Waals surface area contributed by atoms with Gasteiger partial charge in [0, 0.05) is 60.5 Å². The smallest absolute Gasteiger partial charge is 0.545 e. The third-order valence-electron chi connectivity index (χ3n) is 8.47. The molecule has 0 unspecified atom stereocenters. The first-order valence-electron chi connectivity index (χ1n) is 14.7. The van der Waals surface area contributed by atoms with Gasteiger partial charge in [-0.15, -0.1) is 0 Å². The third kappa shape index (κ3) is 5.44. The van der Waals surface area contributed by atoms with Crippen molar-refractivity contribution in [2.75, 3.05) is 0 Å². The molecule has 2 aliphatic heterocycles. The third-order valence-corrected chi connectivity index (χ3v) is 8.47. The second-order valence-corrected chi connectivity index (χ2v) is 11.2. The molecule has 2 aliphatic rings. The van der Waals surface area contributed by atoms with Crippen LogP contribution in [0.1, 0.15) is 31.1 Å². The summed E-state index contributed by atoms with van der Waals surface area (Å²) in [6.45, 7) is 0. The molecule has 9 rings (SSSR count). The van der Waals surface area contributed by atoms with E-state index in [2.05, 4.69) is 15.0 Å². The van der Waals surface area contributed by atoms with Crippen molar-refractivity contribution in [1.82, 2.24) is 39.9 Å². The van der Waals surface area contributed by atoms with Gasteiger partial charge in [-0.2, -0.15) is 0 Å². The fraction of sp³-hybridized carbons (Fsp3) is 0. The maximum absolute atomic E-state index is 12.6. The van der Waals surface area contributed by atoms with E-state index in [0.29, 0.717) is 39.4 Å². The number of hydrogen-bond acceptors (Lipinski definition) is 12. The maximum atomic E-state index is 12.6. The summed E-state index contributed by atoms with van der Waals surface area (Å²) in [4.78, 5) is 71.8. The summed E-state index contributed by atoms with van der Waals surface area (Å²) >= 11 is 0. The molecule has 0 spiro atoms. The van der Waals surface area contributed by atoms with E-state index < -0.39 is 34.6 Å². The van der Waals surface area contributed by atoms with Crippen molar-refractivity contribution >= 4 is 62.0 Å². The van der Waals surface area contributed by atoms with Crippen LogP contribution in [-0.2, 0) is 51.2 Å². The summed E-state index contributed by atoms with van der Waals surface area (Å²) in [5.74, 6) is -5.12. The number of rotatable bonds is 3. The van der Waals surface area contributed by atoms with Crippen LogP contribution >= 0.6 is 0 Å². The Bertz CT molecular complexity index is 2860. The van der Waals surface area contributed by atoms with Crippen molar-refractivity contribution in [3.8, 4) is 45.6 Å². The standard InChI is InChI=1S/C35H18N8O6.3Cu/c44-33(45)21-13-20-22(24(35(48)49)23(21)34(46)47)32-42-30-19-12-6-5-11-18(19)28(40-30)38-26-15-8-2-1-7-14(15)25(36-26)37-27-16-9-3-4-10-17(16)29(39-27)41-31(20)43-32;;;/h1-13H,(H,44,45)(H,46,47)(H,48,49)(H2,36,37,38,39,40,41,42,43);;;/q;3*+1/p-3. The van der Waals surface area contributed by atoms with Crippen LogP contribution in [0.4, 0.5) is 0 Å². The molecule has 3 aromatic heterocycles. The van der Waals surface area contributed by atoms with E-state index in [1.54, 1.807) is 36.4 Å². The van der Waals surface area contributed by atoms with E-state index in [4.69, 9.17) is 24.9 Å². The Morgan fingerprint density at radius 3 is 1.21 bits per heavy atom. The van der Waals surface area contributed by atoms with Crippen LogP contribution in [0.15, 0.2) is 78.9 Å². The van der Waals surface area contributed by atoms with Crippen molar-refractivity contribution in [2.45, 2.75) is 0 Å². The Labute approximate surface area is 322 Å². The molecule has 0 fully saturated rings. The van der Waals surface area contributed by atoms with Crippen LogP contribution in [-0.4, -0.2) is 57.8 Å². The van der Waals surface area contributed by atoms with Gasteiger partial charge in [-0.3, -0.25) is 0 Å². The number of H-pyrrole nitrogens is 2. The maximum Gasteiger partial charge on any atom is 1.00 e. The van der Waals surface area contributed by atoms with Gasteiger partial charge < -0.3 is 39.7 Å². The summed E-state index contributed by atoms with van der Waals surface area (Å²) in [6.07, 6.45) is 0. The molecule has 0 radical (unpaired) electrons. The van der Waals surface area contributed by atoms with Gasteiger partial charge in [0.1, 0.15) is 22.6 Å². The molecule has 5 heterocycles. The summed E-state index contributed by atoms with van der Waals surface area (Å²) in [5, 5.41) is 38.2. The van der Waals surface area contributed by atoms with Crippen molar-refractivity contribution < 1.29 is 80.9 Å². The van der Waals surface area contributed by atoms with Gasteiger partial charge in [0.25, 0.3) is 0 Å². The summed E-state index contributed by atoms with van der Waals surface area (Å²) < 4.78 is 0. The van der Waals surface area contributed by atoms with E-state index in [9.17, 15) is 29.7 Å². The number of nitrogens with one attached hydrogen (secondary N) is 2. The summed E-state index contributed by atoms with van der Waals surface area (Å²) in [6, 6.07) is 22.8. The number of aromatic nitrogens is 8. The monoisotopic (exact) mass is 832 g/mol. The second-order valence-electron chi connectivity index (χ2n) is 11.2. The first-order valence-corrected chi connectivity index (χ1v) is 14.7. The van der Waals surface area contributed by atoms with Gasteiger partial charge in [0.2, 0.25) is 0 Å². The van der Waals surface area contributed by atoms with E-state index in [0.717, 1.165) is 16.8 Å². The topological polar surface area (TPSA) is 229 Å². The number of aromatic amines is 2. The Kier molecular flexibility index (Phi) is 9.28. The predicted octanol–water partition coefficient (Wildman–Crippen LogP) is 1.95. The molecule has 0 saturated heterocycles. The molecule has 8 bridgehead atoms. The van der Waals surface area contributed by atoms with Crippen LogP contribution in [0.3, 0.4) is 0 Å². The minimum absolute atomic E-state index is 0. The van der Waals surface area contributed by atoms with Gasteiger partial charge in [-0.05, 0) is 6.07 Å². The van der Waals surface area contributed by atoms with Gasteiger partial charge in [0.05, 0.1) is 17.9 Å². The Balaban J connectivity index is 0.00000155. The van der Waals surface area contributed by atoms with Gasteiger partial charge in [-0.25, -0.2) is 29.9 Å². The Morgan fingerprint density at radius 1 is 0.442 bits per heavy atom. The van der Waals surface area contributed by atoms with Crippen molar-refractivity contribution in [3.63, 3.8) is 0 Å². The molecule has 14 nitrogen and oxygen atoms in total. The molecule has 4 aromatic carbocycles. The van der Waals surface area contributed by atoms with Gasteiger partial charge >= 0.3 is 51.2 Å². The zero-order valence-electron chi connectivity index (χ0n) is 25.5. The van der Waals surface area contributed by atoms with E-state index >= 15 is 0 Å². The molecule has 0 atom stereocenters. The average molecular weight is 834 g/mol.